The van der Waals surface area contributed by atoms with Crippen LogP contribution in [-0.4, -0.2) is 51.2 Å². The predicted octanol–water partition coefficient (Wildman–Crippen LogP) is 3.08. The molecular weight excluding hydrogens is 522 g/mol. The SMILES string of the molecule is C[C@]1(C(N)=O)COc2c1cc([C@@](O)(CNC(=O)c1nc3ccccc3[nH]1)C(F)(F)F)nc2-c1ccc(F)cc1. The highest BCUT2D eigenvalue weighted by Gasteiger charge is 2.57. The Bertz CT molecular complexity index is 1570. The van der Waals surface area contributed by atoms with Gasteiger partial charge in [0.2, 0.25) is 11.5 Å². The lowest BCUT2D eigenvalue weighted by Crippen LogP contribution is -2.52. The van der Waals surface area contributed by atoms with Crippen molar-refractivity contribution >= 4 is 22.8 Å². The molecule has 0 unspecified atom stereocenters. The summed E-state index contributed by atoms with van der Waals surface area (Å²) in [5.41, 5.74) is 0.246. The van der Waals surface area contributed by atoms with E-state index in [4.69, 9.17) is 10.5 Å². The standard InChI is InChI=1S/C26H21F4N5O4/c1-24(23(31)37)12-39-20-15(24)10-18(35-19(20)13-6-8-14(27)9-7-13)25(38,26(28,29)30)11-32-22(36)21-33-16-4-2-3-5-17(16)34-21/h2-10,38H,11-12H2,1H3,(H2,31,37)(H,32,36)(H,33,34)/t24-,25-/m0/s1. The molecule has 2 aromatic carbocycles. The van der Waals surface area contributed by atoms with Gasteiger partial charge in [-0.1, -0.05) is 12.1 Å². The van der Waals surface area contributed by atoms with Crippen LogP contribution in [0.15, 0.2) is 54.6 Å². The molecule has 0 spiro atoms. The Labute approximate surface area is 218 Å². The number of halogens is 4. The van der Waals surface area contributed by atoms with Crippen molar-refractivity contribution in [3.8, 4) is 17.0 Å². The summed E-state index contributed by atoms with van der Waals surface area (Å²) in [6.07, 6.45) is -5.34. The lowest BCUT2D eigenvalue weighted by Gasteiger charge is -2.31. The molecule has 5 N–H and O–H groups in total. The molecule has 0 aliphatic carbocycles. The quantitative estimate of drug-likeness (QED) is 0.275. The number of nitrogens with zero attached hydrogens (tertiary/aromatic N) is 2. The number of aromatic nitrogens is 3. The molecule has 2 atom stereocenters. The first-order valence-electron chi connectivity index (χ1n) is 11.6. The Morgan fingerprint density at radius 3 is 2.49 bits per heavy atom. The fourth-order valence-corrected chi connectivity index (χ4v) is 4.29. The number of rotatable bonds is 6. The van der Waals surface area contributed by atoms with Gasteiger partial charge in [-0.15, -0.1) is 0 Å². The number of benzene rings is 2. The Balaban J connectivity index is 1.59. The molecule has 4 aromatic rings. The number of carbonyl (C=O) groups is 2. The predicted molar refractivity (Wildman–Crippen MR) is 130 cm³/mol. The zero-order valence-corrected chi connectivity index (χ0v) is 20.3. The van der Waals surface area contributed by atoms with Crippen molar-refractivity contribution in [1.82, 2.24) is 20.3 Å². The third kappa shape index (κ3) is 4.34. The zero-order valence-electron chi connectivity index (χ0n) is 20.3. The van der Waals surface area contributed by atoms with E-state index >= 15 is 0 Å². The van der Waals surface area contributed by atoms with Crippen molar-refractivity contribution in [3.05, 3.63) is 77.5 Å². The summed E-state index contributed by atoms with van der Waals surface area (Å²) in [6, 6.07) is 12.2. The summed E-state index contributed by atoms with van der Waals surface area (Å²) in [6.45, 7) is -0.241. The minimum atomic E-state index is -5.34. The zero-order chi connectivity index (χ0) is 28.2. The van der Waals surface area contributed by atoms with E-state index in [1.165, 1.54) is 19.1 Å². The number of hydrogen-bond acceptors (Lipinski definition) is 6. The summed E-state index contributed by atoms with van der Waals surface area (Å²) in [7, 11) is 0. The van der Waals surface area contributed by atoms with E-state index in [1.54, 1.807) is 24.3 Å². The van der Waals surface area contributed by atoms with Crippen LogP contribution in [0.4, 0.5) is 17.6 Å². The van der Waals surface area contributed by atoms with Gasteiger partial charge in [-0.25, -0.2) is 14.4 Å². The average molecular weight is 543 g/mol. The number of nitrogens with two attached hydrogens (primary N) is 1. The molecule has 0 radical (unpaired) electrons. The van der Waals surface area contributed by atoms with Crippen LogP contribution in [0.3, 0.4) is 0 Å². The van der Waals surface area contributed by atoms with E-state index in [2.05, 4.69) is 20.3 Å². The van der Waals surface area contributed by atoms with Crippen LogP contribution in [0.5, 0.6) is 5.75 Å². The number of para-hydroxylation sites is 2. The second kappa shape index (κ2) is 9.05. The van der Waals surface area contributed by atoms with Crippen molar-refractivity contribution in [2.24, 2.45) is 5.73 Å². The van der Waals surface area contributed by atoms with Crippen molar-refractivity contribution in [1.29, 1.82) is 0 Å². The number of amides is 2. The molecule has 202 valence electrons. The molecule has 1 aliphatic heterocycles. The number of aliphatic hydroxyl groups is 1. The maximum Gasteiger partial charge on any atom is 0.424 e. The molecule has 2 amide bonds. The van der Waals surface area contributed by atoms with Crippen LogP contribution in [-0.2, 0) is 15.8 Å². The number of primary amides is 1. The molecule has 0 bridgehead atoms. The summed E-state index contributed by atoms with van der Waals surface area (Å²) in [5, 5.41) is 13.1. The normalized spacial score (nSPS) is 18.3. The second-order valence-corrected chi connectivity index (χ2v) is 9.37. The van der Waals surface area contributed by atoms with Gasteiger partial charge in [0.25, 0.3) is 5.91 Å². The first kappa shape index (κ1) is 26.1. The second-order valence-electron chi connectivity index (χ2n) is 9.37. The fraction of sp³-hybridized carbons (Fsp3) is 0.231. The Hall–Kier alpha value is -4.52. The van der Waals surface area contributed by atoms with Gasteiger partial charge >= 0.3 is 6.18 Å². The number of nitrogens with one attached hydrogen (secondary N) is 2. The van der Waals surface area contributed by atoms with Gasteiger partial charge in [0, 0.05) is 11.1 Å². The number of pyridine rings is 1. The topological polar surface area (TPSA) is 143 Å². The van der Waals surface area contributed by atoms with E-state index in [-0.39, 0.29) is 35.0 Å². The molecule has 13 heteroatoms. The average Bonchev–Trinajstić information content (AvgIpc) is 3.49. The number of ether oxygens (including phenoxy) is 1. The minimum Gasteiger partial charge on any atom is -0.489 e. The van der Waals surface area contributed by atoms with Gasteiger partial charge in [-0.3, -0.25) is 9.59 Å². The minimum absolute atomic E-state index is 0.0255. The monoisotopic (exact) mass is 543 g/mol. The van der Waals surface area contributed by atoms with Crippen LogP contribution in [0.2, 0.25) is 0 Å². The summed E-state index contributed by atoms with van der Waals surface area (Å²) in [5.74, 6) is -2.77. The smallest absolute Gasteiger partial charge is 0.424 e. The molecule has 9 nitrogen and oxygen atoms in total. The van der Waals surface area contributed by atoms with Gasteiger partial charge < -0.3 is 25.9 Å². The van der Waals surface area contributed by atoms with Crippen LogP contribution in [0.25, 0.3) is 22.3 Å². The van der Waals surface area contributed by atoms with Gasteiger partial charge in [0.05, 0.1) is 23.3 Å². The van der Waals surface area contributed by atoms with E-state index < -0.39 is 47.1 Å². The summed E-state index contributed by atoms with van der Waals surface area (Å²) >= 11 is 0. The number of fused-ring (bicyclic) bond motifs is 2. The maximum atomic E-state index is 14.5. The van der Waals surface area contributed by atoms with Crippen molar-refractivity contribution < 1.29 is 37.0 Å². The van der Waals surface area contributed by atoms with E-state index in [1.807, 2.05) is 0 Å². The molecule has 1 aliphatic rings. The molecule has 5 rings (SSSR count). The molecule has 0 saturated heterocycles. The Morgan fingerprint density at radius 1 is 1.15 bits per heavy atom. The first-order valence-corrected chi connectivity index (χ1v) is 11.6. The number of hydrogen-bond donors (Lipinski definition) is 4. The van der Waals surface area contributed by atoms with Gasteiger partial charge in [-0.05, 0) is 49.4 Å². The lowest BCUT2D eigenvalue weighted by molar-refractivity contribution is -0.265. The van der Waals surface area contributed by atoms with Crippen LogP contribution in [0.1, 0.15) is 28.8 Å². The highest BCUT2D eigenvalue weighted by Crippen LogP contribution is 2.47. The highest BCUT2D eigenvalue weighted by molar-refractivity contribution is 5.94. The highest BCUT2D eigenvalue weighted by atomic mass is 19.4. The number of alkyl halides is 3. The third-order valence-electron chi connectivity index (χ3n) is 6.74. The Morgan fingerprint density at radius 2 is 1.85 bits per heavy atom. The fourth-order valence-electron chi connectivity index (χ4n) is 4.29. The molecule has 39 heavy (non-hydrogen) atoms. The molecule has 2 aromatic heterocycles. The maximum absolute atomic E-state index is 14.5. The molecule has 3 heterocycles. The van der Waals surface area contributed by atoms with Gasteiger partial charge in [0.15, 0.2) is 5.82 Å². The lowest BCUT2D eigenvalue weighted by atomic mass is 9.81. The Kier molecular flexibility index (Phi) is 6.06. The van der Waals surface area contributed by atoms with Crippen LogP contribution >= 0.6 is 0 Å². The molecule has 0 fully saturated rings. The van der Waals surface area contributed by atoms with Crippen molar-refractivity contribution in [2.45, 2.75) is 24.1 Å². The van der Waals surface area contributed by atoms with Crippen molar-refractivity contribution in [3.63, 3.8) is 0 Å². The van der Waals surface area contributed by atoms with Crippen LogP contribution < -0.4 is 15.8 Å². The third-order valence-corrected chi connectivity index (χ3v) is 6.74. The number of imidazole rings is 1. The van der Waals surface area contributed by atoms with Gasteiger partial charge in [-0.2, -0.15) is 13.2 Å². The summed E-state index contributed by atoms with van der Waals surface area (Å²) < 4.78 is 62.6. The first-order chi connectivity index (χ1) is 18.3. The van der Waals surface area contributed by atoms with E-state index in [0.29, 0.717) is 11.0 Å². The number of carbonyl (C=O) groups excluding carboxylic acids is 2. The van der Waals surface area contributed by atoms with E-state index in [9.17, 15) is 32.3 Å². The summed E-state index contributed by atoms with van der Waals surface area (Å²) in [4.78, 5) is 35.8. The number of aromatic amines is 1. The number of H-pyrrole nitrogens is 1. The van der Waals surface area contributed by atoms with E-state index in [0.717, 1.165) is 18.2 Å². The van der Waals surface area contributed by atoms with Gasteiger partial charge in [0.1, 0.15) is 29.3 Å². The molecule has 0 saturated carbocycles. The van der Waals surface area contributed by atoms with Crippen molar-refractivity contribution in [2.75, 3.05) is 13.2 Å². The molecular formula is C26H21F4N5O4. The van der Waals surface area contributed by atoms with Crippen LogP contribution in [0, 0.1) is 5.82 Å². The largest absolute Gasteiger partial charge is 0.489 e.